The van der Waals surface area contributed by atoms with E-state index in [-0.39, 0.29) is 0 Å². The molecule has 2 nitrogen and oxygen atoms in total. The highest BCUT2D eigenvalue weighted by Gasteiger charge is 2.10. The smallest absolute Gasteiger partial charge is 0.101 e. The van der Waals surface area contributed by atoms with Crippen LogP contribution in [0.5, 0.6) is 0 Å². The Labute approximate surface area is 122 Å². The standard InChI is InChI=1S/C16H15BrN2/c1-11-6-12(2)8-15(7-11)19(3)16-9-14(17)5-4-13(16)10-18/h4-9H,1-3H3. The Hall–Kier alpha value is -1.79. The molecule has 3 heteroatoms. The van der Waals surface area contributed by atoms with E-state index in [1.165, 1.54) is 11.1 Å². The molecule has 0 saturated heterocycles. The van der Waals surface area contributed by atoms with Gasteiger partial charge in [-0.2, -0.15) is 5.26 Å². The van der Waals surface area contributed by atoms with Gasteiger partial charge in [0.25, 0.3) is 0 Å². The second-order valence-corrected chi connectivity index (χ2v) is 5.59. The lowest BCUT2D eigenvalue weighted by molar-refractivity contribution is 1.18. The van der Waals surface area contributed by atoms with Crippen molar-refractivity contribution >= 4 is 27.3 Å². The summed E-state index contributed by atoms with van der Waals surface area (Å²) in [7, 11) is 1.98. The van der Waals surface area contributed by atoms with Crippen LogP contribution in [0.4, 0.5) is 11.4 Å². The van der Waals surface area contributed by atoms with E-state index in [1.807, 2.05) is 30.1 Å². The molecule has 0 aliphatic heterocycles. The molecular weight excluding hydrogens is 300 g/mol. The molecule has 19 heavy (non-hydrogen) atoms. The van der Waals surface area contributed by atoms with Crippen LogP contribution < -0.4 is 4.90 Å². The third-order valence-electron chi connectivity index (χ3n) is 3.04. The fraction of sp³-hybridized carbons (Fsp3) is 0.188. The highest BCUT2D eigenvalue weighted by Crippen LogP contribution is 2.30. The van der Waals surface area contributed by atoms with Gasteiger partial charge < -0.3 is 4.90 Å². The fourth-order valence-electron chi connectivity index (χ4n) is 2.16. The van der Waals surface area contributed by atoms with E-state index in [2.05, 4.69) is 54.0 Å². The summed E-state index contributed by atoms with van der Waals surface area (Å²) in [6, 6.07) is 14.3. The average molecular weight is 315 g/mol. The van der Waals surface area contributed by atoms with Crippen LogP contribution >= 0.6 is 15.9 Å². The van der Waals surface area contributed by atoms with Crippen LogP contribution in [0.3, 0.4) is 0 Å². The maximum absolute atomic E-state index is 9.22. The lowest BCUT2D eigenvalue weighted by Gasteiger charge is -2.22. The molecule has 0 saturated carbocycles. The molecule has 0 spiro atoms. The van der Waals surface area contributed by atoms with Gasteiger partial charge in [-0.1, -0.05) is 22.0 Å². The molecule has 0 bridgehead atoms. The summed E-state index contributed by atoms with van der Waals surface area (Å²) in [5, 5.41) is 9.22. The van der Waals surface area contributed by atoms with E-state index < -0.39 is 0 Å². The van der Waals surface area contributed by atoms with Crippen molar-refractivity contribution in [3.8, 4) is 6.07 Å². The maximum Gasteiger partial charge on any atom is 0.101 e. The minimum Gasteiger partial charge on any atom is -0.343 e. The number of nitriles is 1. The van der Waals surface area contributed by atoms with Gasteiger partial charge in [0.15, 0.2) is 0 Å². The van der Waals surface area contributed by atoms with Crippen LogP contribution in [0.25, 0.3) is 0 Å². The third kappa shape index (κ3) is 2.97. The van der Waals surface area contributed by atoms with Gasteiger partial charge in [-0.15, -0.1) is 0 Å². The third-order valence-corrected chi connectivity index (χ3v) is 3.53. The highest BCUT2D eigenvalue weighted by atomic mass is 79.9. The van der Waals surface area contributed by atoms with Gasteiger partial charge in [0.2, 0.25) is 0 Å². The number of hydrogen-bond acceptors (Lipinski definition) is 2. The van der Waals surface area contributed by atoms with Crippen LogP contribution in [-0.4, -0.2) is 7.05 Å². The van der Waals surface area contributed by atoms with E-state index in [0.717, 1.165) is 15.8 Å². The molecule has 2 aromatic carbocycles. The molecule has 0 unspecified atom stereocenters. The first-order valence-corrected chi connectivity index (χ1v) is 6.82. The first-order chi connectivity index (χ1) is 9.01. The molecule has 0 aliphatic rings. The topological polar surface area (TPSA) is 27.0 Å². The SMILES string of the molecule is Cc1cc(C)cc(N(C)c2cc(Br)ccc2C#N)c1. The number of hydrogen-bond donors (Lipinski definition) is 0. The van der Waals surface area contributed by atoms with Crippen molar-refractivity contribution in [2.45, 2.75) is 13.8 Å². The van der Waals surface area contributed by atoms with Gasteiger partial charge in [-0.3, -0.25) is 0 Å². The highest BCUT2D eigenvalue weighted by molar-refractivity contribution is 9.10. The molecule has 0 N–H and O–H groups in total. The van der Waals surface area contributed by atoms with Crippen molar-refractivity contribution in [3.63, 3.8) is 0 Å². The Bertz CT molecular complexity index is 636. The molecule has 0 aromatic heterocycles. The predicted octanol–water partition coefficient (Wildman–Crippen LogP) is 4.71. The van der Waals surface area contributed by atoms with Crippen LogP contribution in [0.15, 0.2) is 40.9 Å². The van der Waals surface area contributed by atoms with Gasteiger partial charge in [-0.05, 0) is 55.3 Å². The van der Waals surface area contributed by atoms with Crippen molar-refractivity contribution in [1.29, 1.82) is 5.26 Å². The number of rotatable bonds is 2. The van der Waals surface area contributed by atoms with Crippen LogP contribution in [0.2, 0.25) is 0 Å². The zero-order valence-corrected chi connectivity index (χ0v) is 12.8. The monoisotopic (exact) mass is 314 g/mol. The molecule has 0 atom stereocenters. The summed E-state index contributed by atoms with van der Waals surface area (Å²) in [5.41, 5.74) is 5.10. The molecule has 0 radical (unpaired) electrons. The van der Waals surface area contributed by atoms with E-state index >= 15 is 0 Å². The molecule has 0 fully saturated rings. The van der Waals surface area contributed by atoms with Crippen LogP contribution in [0.1, 0.15) is 16.7 Å². The van der Waals surface area contributed by atoms with Crippen molar-refractivity contribution in [2.24, 2.45) is 0 Å². The molecule has 0 aliphatic carbocycles. The summed E-state index contributed by atoms with van der Waals surface area (Å²) >= 11 is 3.46. The van der Waals surface area contributed by atoms with Gasteiger partial charge in [-0.25, -0.2) is 0 Å². The van der Waals surface area contributed by atoms with Gasteiger partial charge in [0, 0.05) is 17.2 Å². The zero-order chi connectivity index (χ0) is 14.0. The average Bonchev–Trinajstić information content (AvgIpc) is 2.36. The summed E-state index contributed by atoms with van der Waals surface area (Å²) in [6.45, 7) is 4.16. The van der Waals surface area contributed by atoms with E-state index in [4.69, 9.17) is 0 Å². The number of nitrogens with zero attached hydrogens (tertiary/aromatic N) is 2. The zero-order valence-electron chi connectivity index (χ0n) is 11.2. The number of halogens is 1. The first kappa shape index (κ1) is 13.6. The Morgan fingerprint density at radius 1 is 1.05 bits per heavy atom. The van der Waals surface area contributed by atoms with Crippen molar-refractivity contribution in [1.82, 2.24) is 0 Å². The predicted molar refractivity (Wildman–Crippen MR) is 82.8 cm³/mol. The summed E-state index contributed by atoms with van der Waals surface area (Å²) < 4.78 is 0.970. The van der Waals surface area contributed by atoms with Crippen molar-refractivity contribution in [3.05, 3.63) is 57.6 Å². The first-order valence-electron chi connectivity index (χ1n) is 6.03. The van der Waals surface area contributed by atoms with E-state index in [9.17, 15) is 5.26 Å². The number of aryl methyl sites for hydroxylation is 2. The van der Waals surface area contributed by atoms with Crippen LogP contribution in [0, 0.1) is 25.2 Å². The molecule has 96 valence electrons. The second kappa shape index (κ2) is 5.46. The van der Waals surface area contributed by atoms with Crippen LogP contribution in [-0.2, 0) is 0 Å². The minimum absolute atomic E-state index is 0.671. The van der Waals surface area contributed by atoms with Gasteiger partial charge >= 0.3 is 0 Å². The van der Waals surface area contributed by atoms with E-state index in [1.54, 1.807) is 0 Å². The Balaban J connectivity index is 2.52. The summed E-state index contributed by atoms with van der Waals surface area (Å²) in [4.78, 5) is 2.04. The fourth-order valence-corrected chi connectivity index (χ4v) is 2.51. The summed E-state index contributed by atoms with van der Waals surface area (Å²) in [6.07, 6.45) is 0. The van der Waals surface area contributed by atoms with E-state index in [0.29, 0.717) is 5.56 Å². The molecule has 2 aromatic rings. The summed E-state index contributed by atoms with van der Waals surface area (Å²) in [5.74, 6) is 0. The second-order valence-electron chi connectivity index (χ2n) is 4.68. The van der Waals surface area contributed by atoms with Crippen molar-refractivity contribution in [2.75, 3.05) is 11.9 Å². The Morgan fingerprint density at radius 3 is 2.26 bits per heavy atom. The molecule has 0 heterocycles. The molecular formula is C16H15BrN2. The maximum atomic E-state index is 9.22. The number of anilines is 2. The van der Waals surface area contributed by atoms with Gasteiger partial charge in [0.05, 0.1) is 11.3 Å². The Morgan fingerprint density at radius 2 is 1.68 bits per heavy atom. The Kier molecular flexibility index (Phi) is 3.92. The van der Waals surface area contributed by atoms with Crippen molar-refractivity contribution < 1.29 is 0 Å². The quantitative estimate of drug-likeness (QED) is 0.803. The lowest BCUT2D eigenvalue weighted by atomic mass is 10.1. The number of benzene rings is 2. The minimum atomic E-state index is 0.671. The molecule has 0 amide bonds. The molecule has 2 rings (SSSR count). The largest absolute Gasteiger partial charge is 0.343 e. The normalized spacial score (nSPS) is 10.1. The van der Waals surface area contributed by atoms with Gasteiger partial charge in [0.1, 0.15) is 6.07 Å². The lowest BCUT2D eigenvalue weighted by Crippen LogP contribution is -2.11.